The summed E-state index contributed by atoms with van der Waals surface area (Å²) in [6.45, 7) is 1.70. The van der Waals surface area contributed by atoms with Crippen LogP contribution in [0.15, 0.2) is 44.8 Å². The molecule has 0 fully saturated rings. The van der Waals surface area contributed by atoms with Gasteiger partial charge in [0.1, 0.15) is 0 Å². The molecule has 1 N–H and O–H groups in total. The van der Waals surface area contributed by atoms with Gasteiger partial charge in [-0.25, -0.2) is 4.98 Å². The van der Waals surface area contributed by atoms with Crippen molar-refractivity contribution < 1.29 is 17.7 Å². The van der Waals surface area contributed by atoms with Gasteiger partial charge in [0.2, 0.25) is 11.7 Å². The van der Waals surface area contributed by atoms with E-state index in [0.717, 1.165) is 12.1 Å². The molecule has 6 nitrogen and oxygen atoms in total. The number of hydrogen-bond acceptors (Lipinski definition) is 6. The number of nitrogens with one attached hydrogen (secondary N) is 1. The minimum absolute atomic E-state index is 0.190. The normalized spacial score (nSPS) is 11.7. The summed E-state index contributed by atoms with van der Waals surface area (Å²) >= 11 is 1.20. The van der Waals surface area contributed by atoms with Gasteiger partial charge in [-0.15, -0.1) is 0 Å². The van der Waals surface area contributed by atoms with Crippen LogP contribution in [0, 0.1) is 6.92 Å². The first-order valence-electron chi connectivity index (χ1n) is 7.02. The summed E-state index contributed by atoms with van der Waals surface area (Å²) in [6, 6.07) is 5.86. The Bertz CT molecular complexity index is 935. The molecule has 25 heavy (non-hydrogen) atoms. The Morgan fingerprint density at radius 3 is 2.56 bits per heavy atom. The third kappa shape index (κ3) is 4.27. The summed E-state index contributed by atoms with van der Waals surface area (Å²) in [5.74, 6) is 0.721. The van der Waals surface area contributed by atoms with E-state index in [1.165, 1.54) is 30.0 Å². The SMILES string of the molecule is Cc1cc(=O)[nH]c(SCc2nc(-c3ccc(C(F)(F)F)cc3)no2)n1. The molecule has 0 aliphatic heterocycles. The molecule has 2 aromatic heterocycles. The van der Waals surface area contributed by atoms with Crippen LogP contribution in [0.4, 0.5) is 13.2 Å². The standard InChI is InChI=1S/C15H11F3N4O2S/c1-8-6-11(23)20-14(19-8)25-7-12-21-13(22-24-12)9-2-4-10(5-3-9)15(16,17)18/h2-6H,7H2,1H3,(H,19,20,23). The third-order valence-corrected chi connectivity index (χ3v) is 3.98. The summed E-state index contributed by atoms with van der Waals surface area (Å²) in [5, 5.41) is 4.17. The maximum absolute atomic E-state index is 12.6. The fraction of sp³-hybridized carbons (Fsp3) is 0.200. The number of aromatic nitrogens is 4. The highest BCUT2D eigenvalue weighted by Gasteiger charge is 2.30. The Morgan fingerprint density at radius 2 is 1.92 bits per heavy atom. The number of alkyl halides is 3. The second-order valence-electron chi connectivity index (χ2n) is 5.07. The molecule has 0 aliphatic carbocycles. The second kappa shape index (κ2) is 6.71. The zero-order valence-electron chi connectivity index (χ0n) is 12.8. The van der Waals surface area contributed by atoms with Crippen molar-refractivity contribution in [1.82, 2.24) is 20.1 Å². The second-order valence-corrected chi connectivity index (χ2v) is 6.03. The molecular formula is C15H11F3N4O2S. The van der Waals surface area contributed by atoms with Gasteiger partial charge in [0.25, 0.3) is 5.56 Å². The number of aryl methyl sites for hydroxylation is 1. The minimum atomic E-state index is -4.39. The molecule has 0 bridgehead atoms. The first kappa shape index (κ1) is 17.2. The van der Waals surface area contributed by atoms with Gasteiger partial charge in [-0.2, -0.15) is 18.2 Å². The number of thioether (sulfide) groups is 1. The lowest BCUT2D eigenvalue weighted by molar-refractivity contribution is -0.137. The van der Waals surface area contributed by atoms with Gasteiger partial charge in [0.05, 0.1) is 11.3 Å². The number of rotatable bonds is 4. The number of benzene rings is 1. The molecule has 0 unspecified atom stereocenters. The highest BCUT2D eigenvalue weighted by Crippen LogP contribution is 2.30. The zero-order chi connectivity index (χ0) is 18.0. The highest BCUT2D eigenvalue weighted by molar-refractivity contribution is 7.98. The summed E-state index contributed by atoms with van der Waals surface area (Å²) in [7, 11) is 0. The van der Waals surface area contributed by atoms with Crippen molar-refractivity contribution >= 4 is 11.8 Å². The van der Waals surface area contributed by atoms with Gasteiger partial charge in [-0.3, -0.25) is 4.79 Å². The van der Waals surface area contributed by atoms with Crippen molar-refractivity contribution in [2.45, 2.75) is 24.0 Å². The van der Waals surface area contributed by atoms with Crippen LogP contribution in [0.2, 0.25) is 0 Å². The van der Waals surface area contributed by atoms with Gasteiger partial charge >= 0.3 is 6.18 Å². The molecule has 0 radical (unpaired) electrons. The Balaban J connectivity index is 1.71. The number of nitrogens with zero attached hydrogens (tertiary/aromatic N) is 3. The van der Waals surface area contributed by atoms with Gasteiger partial charge in [0.15, 0.2) is 5.16 Å². The molecule has 0 atom stereocenters. The molecule has 0 saturated heterocycles. The van der Waals surface area contributed by atoms with E-state index >= 15 is 0 Å². The largest absolute Gasteiger partial charge is 0.416 e. The maximum Gasteiger partial charge on any atom is 0.416 e. The van der Waals surface area contributed by atoms with Crippen LogP contribution in [-0.2, 0) is 11.9 Å². The van der Waals surface area contributed by atoms with E-state index < -0.39 is 11.7 Å². The first-order valence-corrected chi connectivity index (χ1v) is 8.01. The average molecular weight is 368 g/mol. The van der Waals surface area contributed by atoms with Gasteiger partial charge in [-0.05, 0) is 19.1 Å². The molecule has 3 aromatic rings. The Kier molecular flexibility index (Phi) is 4.62. The Hall–Kier alpha value is -2.62. The molecule has 0 saturated carbocycles. The molecule has 0 aliphatic rings. The molecule has 2 heterocycles. The fourth-order valence-corrected chi connectivity index (χ4v) is 2.75. The van der Waals surface area contributed by atoms with Crippen LogP contribution >= 0.6 is 11.8 Å². The molecule has 3 rings (SSSR count). The smallest absolute Gasteiger partial charge is 0.338 e. The van der Waals surface area contributed by atoms with Gasteiger partial charge in [0, 0.05) is 17.3 Å². The van der Waals surface area contributed by atoms with Crippen molar-refractivity contribution in [2.75, 3.05) is 0 Å². The lowest BCUT2D eigenvalue weighted by Crippen LogP contribution is -2.08. The number of hydrogen-bond donors (Lipinski definition) is 1. The first-order chi connectivity index (χ1) is 11.8. The summed E-state index contributed by atoms with van der Waals surface area (Å²) in [4.78, 5) is 22.2. The quantitative estimate of drug-likeness (QED) is 0.561. The van der Waals surface area contributed by atoms with E-state index in [9.17, 15) is 18.0 Å². The van der Waals surface area contributed by atoms with Gasteiger partial charge in [-0.1, -0.05) is 29.1 Å². The molecule has 0 amide bonds. The lowest BCUT2D eigenvalue weighted by atomic mass is 10.1. The molecular weight excluding hydrogens is 357 g/mol. The van der Waals surface area contributed by atoms with Crippen molar-refractivity contribution in [3.63, 3.8) is 0 Å². The molecule has 1 aromatic carbocycles. The van der Waals surface area contributed by atoms with Crippen molar-refractivity contribution in [1.29, 1.82) is 0 Å². The monoisotopic (exact) mass is 368 g/mol. The van der Waals surface area contributed by atoms with Crippen LogP contribution in [-0.4, -0.2) is 20.1 Å². The maximum atomic E-state index is 12.6. The van der Waals surface area contributed by atoms with E-state index in [1.807, 2.05) is 0 Å². The van der Waals surface area contributed by atoms with E-state index in [0.29, 0.717) is 16.4 Å². The van der Waals surface area contributed by atoms with Crippen LogP contribution in [0.25, 0.3) is 11.4 Å². The molecule has 0 spiro atoms. The molecule has 10 heteroatoms. The van der Waals surface area contributed by atoms with Crippen molar-refractivity contribution in [3.05, 3.63) is 57.8 Å². The third-order valence-electron chi connectivity index (χ3n) is 3.12. The molecule has 130 valence electrons. The lowest BCUT2D eigenvalue weighted by Gasteiger charge is -2.05. The number of H-pyrrole nitrogens is 1. The fourth-order valence-electron chi connectivity index (χ4n) is 1.99. The average Bonchev–Trinajstić information content (AvgIpc) is 3.00. The van der Waals surface area contributed by atoms with Crippen molar-refractivity contribution in [3.8, 4) is 11.4 Å². The number of aromatic amines is 1. The Labute approximate surface area is 143 Å². The van der Waals surface area contributed by atoms with Crippen LogP contribution in [0.5, 0.6) is 0 Å². The van der Waals surface area contributed by atoms with Crippen LogP contribution in [0.3, 0.4) is 0 Å². The van der Waals surface area contributed by atoms with Crippen molar-refractivity contribution in [2.24, 2.45) is 0 Å². The minimum Gasteiger partial charge on any atom is -0.338 e. The summed E-state index contributed by atoms with van der Waals surface area (Å²) in [6.07, 6.45) is -4.39. The Morgan fingerprint density at radius 1 is 1.20 bits per heavy atom. The predicted molar refractivity (Wildman–Crippen MR) is 83.9 cm³/mol. The van der Waals surface area contributed by atoms with Gasteiger partial charge < -0.3 is 9.51 Å². The van der Waals surface area contributed by atoms with E-state index in [2.05, 4.69) is 20.1 Å². The highest BCUT2D eigenvalue weighted by atomic mass is 32.2. The predicted octanol–water partition coefficient (Wildman–Crippen LogP) is 3.44. The van der Waals surface area contributed by atoms with Crippen LogP contribution < -0.4 is 5.56 Å². The topological polar surface area (TPSA) is 84.7 Å². The summed E-state index contributed by atoms with van der Waals surface area (Å²) in [5.41, 5.74) is -0.00622. The number of halogens is 3. The van der Waals surface area contributed by atoms with E-state index in [4.69, 9.17) is 4.52 Å². The van der Waals surface area contributed by atoms with Crippen LogP contribution in [0.1, 0.15) is 17.1 Å². The summed E-state index contributed by atoms with van der Waals surface area (Å²) < 4.78 is 42.8. The zero-order valence-corrected chi connectivity index (χ0v) is 13.6. The van der Waals surface area contributed by atoms with E-state index in [1.54, 1.807) is 6.92 Å². The van der Waals surface area contributed by atoms with E-state index in [-0.39, 0.29) is 23.0 Å².